The van der Waals surface area contributed by atoms with Gasteiger partial charge in [0, 0.05) is 0 Å². The predicted octanol–water partition coefficient (Wildman–Crippen LogP) is -1.41. The van der Waals surface area contributed by atoms with Crippen LogP contribution in [0, 0.1) is 0 Å². The molecule has 0 aliphatic heterocycles. The Morgan fingerprint density at radius 3 is 1.56 bits per heavy atom. The van der Waals surface area contributed by atoms with Crippen LogP contribution in [0.5, 0.6) is 34.5 Å². The lowest BCUT2D eigenvalue weighted by Gasteiger charge is -2.24. The Kier molecular flexibility index (Phi) is 8.07. The third-order valence-corrected chi connectivity index (χ3v) is 4.40. The fourth-order valence-electron chi connectivity index (χ4n) is 2.57. The van der Waals surface area contributed by atoms with Gasteiger partial charge in [-0.25, -0.2) is 9.59 Å². The lowest BCUT2D eigenvalue weighted by molar-refractivity contribution is -0.144. The Bertz CT molecular complexity index is 1050. The number of aliphatic hydroxyl groups excluding tert-OH is 3. The zero-order chi connectivity index (χ0) is 25.7. The van der Waals surface area contributed by atoms with Crippen LogP contribution in [0.4, 0.5) is 0 Å². The standard InChI is InChI=1S/C20H20O14/c21-5-13(26)17(30)18(34-20(32)8-3-11(24)16(29)12(25)4-8)14(27)6-33-19(31)7-1-9(22)15(28)10(23)2-7/h1-4,13,17-18,21-26,28-30H,5-6H2/t13-,17+,18+/m1/s1. The summed E-state index contributed by atoms with van der Waals surface area (Å²) >= 11 is 0. The van der Waals surface area contributed by atoms with E-state index in [2.05, 4.69) is 4.74 Å². The maximum atomic E-state index is 12.5. The molecule has 0 spiro atoms. The van der Waals surface area contributed by atoms with Crippen molar-refractivity contribution < 1.29 is 69.8 Å². The SMILES string of the molecule is O=C(OCC(=O)[C@H](OC(=O)c1cc(O)c(O)c(O)c1)[C@@H](O)[C@H](O)CO)c1cc(O)c(O)c(O)c1. The highest BCUT2D eigenvalue weighted by Gasteiger charge is 2.36. The average Bonchev–Trinajstić information content (AvgIpc) is 2.80. The molecule has 0 aliphatic rings. The Hall–Kier alpha value is -4.27. The van der Waals surface area contributed by atoms with E-state index in [0.29, 0.717) is 24.3 Å². The van der Waals surface area contributed by atoms with Gasteiger partial charge in [-0.3, -0.25) is 4.79 Å². The van der Waals surface area contributed by atoms with Gasteiger partial charge < -0.3 is 55.4 Å². The number of carbonyl (C=O) groups excluding carboxylic acids is 3. The molecule has 0 saturated heterocycles. The van der Waals surface area contributed by atoms with E-state index in [0.717, 1.165) is 0 Å². The second kappa shape index (κ2) is 10.6. The summed E-state index contributed by atoms with van der Waals surface area (Å²) in [7, 11) is 0. The number of ketones is 1. The van der Waals surface area contributed by atoms with E-state index in [1.54, 1.807) is 0 Å². The molecule has 0 bridgehead atoms. The Labute approximate surface area is 189 Å². The van der Waals surface area contributed by atoms with Crippen LogP contribution in [-0.4, -0.2) is 95.2 Å². The number of aliphatic hydroxyl groups is 3. The van der Waals surface area contributed by atoms with E-state index >= 15 is 0 Å². The fourth-order valence-corrected chi connectivity index (χ4v) is 2.57. The van der Waals surface area contributed by atoms with Crippen molar-refractivity contribution in [2.45, 2.75) is 18.3 Å². The lowest BCUT2D eigenvalue weighted by Crippen LogP contribution is -2.47. The van der Waals surface area contributed by atoms with E-state index in [-0.39, 0.29) is 0 Å². The van der Waals surface area contributed by atoms with Crippen molar-refractivity contribution >= 4 is 17.7 Å². The Morgan fingerprint density at radius 1 is 0.735 bits per heavy atom. The second-order valence-corrected chi connectivity index (χ2v) is 6.84. The first-order valence-electron chi connectivity index (χ1n) is 9.25. The molecule has 0 amide bonds. The molecule has 0 saturated carbocycles. The molecule has 184 valence electrons. The molecule has 9 N–H and O–H groups in total. The van der Waals surface area contributed by atoms with E-state index in [4.69, 9.17) is 9.84 Å². The summed E-state index contributed by atoms with van der Waals surface area (Å²) in [5.41, 5.74) is -1.07. The minimum atomic E-state index is -2.22. The van der Waals surface area contributed by atoms with Gasteiger partial charge in [0.2, 0.25) is 5.78 Å². The highest BCUT2D eigenvalue weighted by Crippen LogP contribution is 2.36. The summed E-state index contributed by atoms with van der Waals surface area (Å²) in [5.74, 6) is -9.42. The molecule has 3 atom stereocenters. The molecule has 0 aliphatic carbocycles. The topological polar surface area (TPSA) is 252 Å². The number of hydrogen-bond acceptors (Lipinski definition) is 14. The molecule has 14 nitrogen and oxygen atoms in total. The zero-order valence-electron chi connectivity index (χ0n) is 17.0. The smallest absolute Gasteiger partial charge is 0.339 e. The minimum absolute atomic E-state index is 0.486. The summed E-state index contributed by atoms with van der Waals surface area (Å²) in [6, 6.07) is 2.76. The van der Waals surface area contributed by atoms with Crippen molar-refractivity contribution in [3.8, 4) is 34.5 Å². The number of benzene rings is 2. The predicted molar refractivity (Wildman–Crippen MR) is 106 cm³/mol. The normalized spacial score (nSPS) is 13.5. The van der Waals surface area contributed by atoms with Gasteiger partial charge in [0.25, 0.3) is 0 Å². The van der Waals surface area contributed by atoms with E-state index in [1.807, 2.05) is 0 Å². The van der Waals surface area contributed by atoms with Crippen molar-refractivity contribution in [1.82, 2.24) is 0 Å². The van der Waals surface area contributed by atoms with Gasteiger partial charge in [0.15, 0.2) is 47.2 Å². The molecule has 0 aromatic heterocycles. The first-order chi connectivity index (χ1) is 15.9. The van der Waals surface area contributed by atoms with Crippen molar-refractivity contribution in [3.05, 3.63) is 35.4 Å². The molecule has 0 fully saturated rings. The monoisotopic (exact) mass is 484 g/mol. The number of Topliss-reactive ketones (excluding diaryl/α,β-unsaturated/α-hetero) is 1. The highest BCUT2D eigenvalue weighted by atomic mass is 16.6. The minimum Gasteiger partial charge on any atom is -0.504 e. The number of ether oxygens (including phenoxy) is 2. The van der Waals surface area contributed by atoms with Crippen LogP contribution >= 0.6 is 0 Å². The largest absolute Gasteiger partial charge is 0.504 e. The molecule has 14 heteroatoms. The van der Waals surface area contributed by atoms with E-state index < -0.39 is 94.9 Å². The number of phenolic OH excluding ortho intramolecular Hbond substituents is 6. The number of rotatable bonds is 9. The number of hydrogen-bond donors (Lipinski definition) is 9. The van der Waals surface area contributed by atoms with Crippen molar-refractivity contribution in [1.29, 1.82) is 0 Å². The Morgan fingerprint density at radius 2 is 1.15 bits per heavy atom. The molecule has 2 aromatic rings. The Balaban J connectivity index is 2.20. The quantitative estimate of drug-likeness (QED) is 0.146. The average molecular weight is 484 g/mol. The first-order valence-corrected chi connectivity index (χ1v) is 9.25. The van der Waals surface area contributed by atoms with Gasteiger partial charge in [0.1, 0.15) is 12.2 Å². The van der Waals surface area contributed by atoms with Crippen LogP contribution in [-0.2, 0) is 14.3 Å². The van der Waals surface area contributed by atoms with Gasteiger partial charge in [0.05, 0.1) is 17.7 Å². The molecule has 0 heterocycles. The summed E-state index contributed by atoms with van der Waals surface area (Å²) in [5, 5.41) is 85.3. The summed E-state index contributed by atoms with van der Waals surface area (Å²) in [6.07, 6.45) is -6.41. The summed E-state index contributed by atoms with van der Waals surface area (Å²) in [4.78, 5) is 36.9. The van der Waals surface area contributed by atoms with Gasteiger partial charge in [-0.1, -0.05) is 0 Å². The first kappa shape index (κ1) is 26.0. The molecule has 34 heavy (non-hydrogen) atoms. The molecule has 2 aromatic carbocycles. The van der Waals surface area contributed by atoms with Crippen LogP contribution < -0.4 is 0 Å². The van der Waals surface area contributed by atoms with E-state index in [9.17, 15) is 55.2 Å². The van der Waals surface area contributed by atoms with Crippen molar-refractivity contribution in [2.75, 3.05) is 13.2 Å². The van der Waals surface area contributed by atoms with Gasteiger partial charge in [-0.2, -0.15) is 0 Å². The number of aromatic hydroxyl groups is 6. The summed E-state index contributed by atoms with van der Waals surface area (Å²) < 4.78 is 9.48. The number of phenols is 6. The molecular formula is C20H20O14. The zero-order valence-corrected chi connectivity index (χ0v) is 17.0. The fraction of sp³-hybridized carbons (Fsp3) is 0.250. The van der Waals surface area contributed by atoms with Crippen LogP contribution in [0.3, 0.4) is 0 Å². The van der Waals surface area contributed by atoms with Gasteiger partial charge >= 0.3 is 11.9 Å². The third kappa shape index (κ3) is 5.74. The van der Waals surface area contributed by atoms with Crippen LogP contribution in [0.15, 0.2) is 24.3 Å². The van der Waals surface area contributed by atoms with Crippen LogP contribution in [0.2, 0.25) is 0 Å². The molecule has 2 rings (SSSR count). The van der Waals surface area contributed by atoms with Gasteiger partial charge in [-0.05, 0) is 24.3 Å². The molecule has 0 radical (unpaired) electrons. The van der Waals surface area contributed by atoms with Crippen molar-refractivity contribution in [2.24, 2.45) is 0 Å². The summed E-state index contributed by atoms with van der Waals surface area (Å²) in [6.45, 7) is -2.23. The number of carbonyl (C=O) groups is 3. The maximum absolute atomic E-state index is 12.5. The lowest BCUT2D eigenvalue weighted by atomic mass is 10.0. The second-order valence-electron chi connectivity index (χ2n) is 6.84. The number of esters is 2. The van der Waals surface area contributed by atoms with Crippen LogP contribution in [0.25, 0.3) is 0 Å². The van der Waals surface area contributed by atoms with E-state index in [1.165, 1.54) is 0 Å². The molecule has 0 unspecified atom stereocenters. The van der Waals surface area contributed by atoms with Crippen molar-refractivity contribution in [3.63, 3.8) is 0 Å². The third-order valence-electron chi connectivity index (χ3n) is 4.40. The van der Waals surface area contributed by atoms with Crippen LogP contribution in [0.1, 0.15) is 20.7 Å². The highest BCUT2D eigenvalue weighted by molar-refractivity contribution is 5.96. The molecular weight excluding hydrogens is 464 g/mol. The van der Waals surface area contributed by atoms with Gasteiger partial charge in [-0.15, -0.1) is 0 Å². The maximum Gasteiger partial charge on any atom is 0.339 e.